The van der Waals surface area contributed by atoms with Crippen LogP contribution in [0.3, 0.4) is 0 Å². The van der Waals surface area contributed by atoms with Gasteiger partial charge in [-0.15, -0.1) is 0 Å². The van der Waals surface area contributed by atoms with Crippen LogP contribution in [0.1, 0.15) is 44.8 Å². The Balaban J connectivity index is 2.67. The van der Waals surface area contributed by atoms with Crippen molar-refractivity contribution < 1.29 is 13.9 Å². The van der Waals surface area contributed by atoms with E-state index in [0.717, 1.165) is 17.9 Å². The number of rotatable bonds is 6. The SMILES string of the molecule is COC(=O)C(CC(C)C)NC(C)c1ccc(C)o1. The van der Waals surface area contributed by atoms with Crippen LogP contribution in [-0.2, 0) is 9.53 Å². The molecule has 4 nitrogen and oxygen atoms in total. The molecule has 0 amide bonds. The Bertz CT molecular complexity index is 384. The topological polar surface area (TPSA) is 51.5 Å². The summed E-state index contributed by atoms with van der Waals surface area (Å²) in [6, 6.07) is 3.54. The quantitative estimate of drug-likeness (QED) is 0.792. The van der Waals surface area contributed by atoms with E-state index >= 15 is 0 Å². The molecule has 0 aromatic carbocycles. The molecular weight excluding hydrogens is 230 g/mol. The average molecular weight is 253 g/mol. The highest BCUT2D eigenvalue weighted by Gasteiger charge is 2.23. The molecule has 1 aromatic rings. The molecule has 1 N–H and O–H groups in total. The van der Waals surface area contributed by atoms with Crippen LogP contribution in [-0.4, -0.2) is 19.1 Å². The smallest absolute Gasteiger partial charge is 0.322 e. The van der Waals surface area contributed by atoms with Crippen molar-refractivity contribution in [2.45, 2.75) is 46.2 Å². The zero-order chi connectivity index (χ0) is 13.7. The molecule has 0 saturated heterocycles. The minimum Gasteiger partial charge on any atom is -0.468 e. The van der Waals surface area contributed by atoms with Crippen LogP contribution in [0.15, 0.2) is 16.5 Å². The first-order valence-corrected chi connectivity index (χ1v) is 6.34. The Morgan fingerprint density at radius 2 is 2.06 bits per heavy atom. The van der Waals surface area contributed by atoms with E-state index in [1.54, 1.807) is 0 Å². The van der Waals surface area contributed by atoms with Crippen molar-refractivity contribution >= 4 is 5.97 Å². The molecule has 0 bridgehead atoms. The maximum Gasteiger partial charge on any atom is 0.322 e. The van der Waals surface area contributed by atoms with Gasteiger partial charge in [-0.25, -0.2) is 0 Å². The van der Waals surface area contributed by atoms with Gasteiger partial charge in [0.25, 0.3) is 0 Å². The summed E-state index contributed by atoms with van der Waals surface area (Å²) in [6.45, 7) is 8.05. The first kappa shape index (κ1) is 14.8. The highest BCUT2D eigenvalue weighted by molar-refractivity contribution is 5.75. The van der Waals surface area contributed by atoms with E-state index in [1.807, 2.05) is 26.0 Å². The largest absolute Gasteiger partial charge is 0.468 e. The van der Waals surface area contributed by atoms with Crippen LogP contribution in [0.25, 0.3) is 0 Å². The Morgan fingerprint density at radius 3 is 2.50 bits per heavy atom. The lowest BCUT2D eigenvalue weighted by atomic mass is 10.0. The number of methoxy groups -OCH3 is 1. The van der Waals surface area contributed by atoms with E-state index in [4.69, 9.17) is 9.15 Å². The third-order valence-corrected chi connectivity index (χ3v) is 2.83. The zero-order valence-electron chi connectivity index (χ0n) is 11.8. The van der Waals surface area contributed by atoms with Gasteiger partial charge in [0.05, 0.1) is 13.2 Å². The normalized spacial score (nSPS) is 14.6. The van der Waals surface area contributed by atoms with Crippen LogP contribution in [0.4, 0.5) is 0 Å². The summed E-state index contributed by atoms with van der Waals surface area (Å²) in [7, 11) is 1.42. The number of carbonyl (C=O) groups excluding carboxylic acids is 1. The average Bonchev–Trinajstić information content (AvgIpc) is 2.73. The van der Waals surface area contributed by atoms with Crippen molar-refractivity contribution in [2.24, 2.45) is 5.92 Å². The number of nitrogens with one attached hydrogen (secondary N) is 1. The second-order valence-electron chi connectivity index (χ2n) is 5.04. The van der Waals surface area contributed by atoms with Crippen molar-refractivity contribution in [1.29, 1.82) is 0 Å². The number of ether oxygens (including phenoxy) is 1. The summed E-state index contributed by atoms with van der Waals surface area (Å²) in [6.07, 6.45) is 0.747. The molecule has 0 aliphatic rings. The van der Waals surface area contributed by atoms with Crippen molar-refractivity contribution in [3.8, 4) is 0 Å². The van der Waals surface area contributed by atoms with Crippen molar-refractivity contribution in [2.75, 3.05) is 7.11 Å². The predicted octanol–water partition coefficient (Wildman–Crippen LogP) is 2.83. The van der Waals surface area contributed by atoms with Gasteiger partial charge < -0.3 is 9.15 Å². The monoisotopic (exact) mass is 253 g/mol. The Morgan fingerprint density at radius 1 is 1.39 bits per heavy atom. The molecule has 0 saturated carbocycles. The summed E-state index contributed by atoms with van der Waals surface area (Å²) < 4.78 is 10.4. The van der Waals surface area contributed by atoms with Crippen LogP contribution in [0, 0.1) is 12.8 Å². The minimum atomic E-state index is -0.296. The first-order chi connectivity index (χ1) is 8.43. The molecule has 1 aromatic heterocycles. The standard InChI is InChI=1S/C14H23NO3/c1-9(2)8-12(14(16)17-5)15-11(4)13-7-6-10(3)18-13/h6-7,9,11-12,15H,8H2,1-5H3. The summed E-state index contributed by atoms with van der Waals surface area (Å²) >= 11 is 0. The summed E-state index contributed by atoms with van der Waals surface area (Å²) in [4.78, 5) is 11.7. The lowest BCUT2D eigenvalue weighted by Crippen LogP contribution is -2.40. The number of hydrogen-bond acceptors (Lipinski definition) is 4. The van der Waals surface area contributed by atoms with Crippen LogP contribution in [0.5, 0.6) is 0 Å². The summed E-state index contributed by atoms with van der Waals surface area (Å²) in [5, 5.41) is 3.26. The van der Waals surface area contributed by atoms with Gasteiger partial charge >= 0.3 is 5.97 Å². The molecule has 2 unspecified atom stereocenters. The van der Waals surface area contributed by atoms with Gasteiger partial charge in [-0.05, 0) is 38.3 Å². The van der Waals surface area contributed by atoms with E-state index in [2.05, 4.69) is 19.2 Å². The van der Waals surface area contributed by atoms with Crippen LogP contribution >= 0.6 is 0 Å². The number of carbonyl (C=O) groups is 1. The maximum absolute atomic E-state index is 11.7. The Hall–Kier alpha value is -1.29. The van der Waals surface area contributed by atoms with Gasteiger partial charge in [0.1, 0.15) is 17.6 Å². The number of aryl methyl sites for hydroxylation is 1. The van der Waals surface area contributed by atoms with Crippen molar-refractivity contribution in [1.82, 2.24) is 5.32 Å². The fourth-order valence-corrected chi connectivity index (χ4v) is 1.92. The first-order valence-electron chi connectivity index (χ1n) is 6.34. The molecule has 2 atom stereocenters. The second-order valence-corrected chi connectivity index (χ2v) is 5.04. The molecule has 102 valence electrons. The van der Waals surface area contributed by atoms with E-state index in [-0.39, 0.29) is 18.1 Å². The summed E-state index contributed by atoms with van der Waals surface area (Å²) in [5.74, 6) is 1.91. The number of hydrogen-bond donors (Lipinski definition) is 1. The highest BCUT2D eigenvalue weighted by Crippen LogP contribution is 2.18. The van der Waals surface area contributed by atoms with Crippen LogP contribution < -0.4 is 5.32 Å². The molecule has 18 heavy (non-hydrogen) atoms. The Labute approximate surface area is 109 Å². The number of esters is 1. The van der Waals surface area contributed by atoms with Gasteiger partial charge in [0.2, 0.25) is 0 Å². The molecule has 4 heteroatoms. The van der Waals surface area contributed by atoms with Gasteiger partial charge in [-0.3, -0.25) is 10.1 Å². The van der Waals surface area contributed by atoms with E-state index in [1.165, 1.54) is 7.11 Å². The molecule has 0 fully saturated rings. The van der Waals surface area contributed by atoms with Gasteiger partial charge in [0, 0.05) is 0 Å². The molecule has 0 radical (unpaired) electrons. The fourth-order valence-electron chi connectivity index (χ4n) is 1.92. The van der Waals surface area contributed by atoms with Gasteiger partial charge in [0.15, 0.2) is 0 Å². The second kappa shape index (κ2) is 6.59. The maximum atomic E-state index is 11.7. The van der Waals surface area contributed by atoms with Crippen molar-refractivity contribution in [3.63, 3.8) is 0 Å². The predicted molar refractivity (Wildman–Crippen MR) is 70.3 cm³/mol. The highest BCUT2D eigenvalue weighted by atomic mass is 16.5. The minimum absolute atomic E-state index is 0.0125. The van der Waals surface area contributed by atoms with Crippen molar-refractivity contribution in [3.05, 3.63) is 23.7 Å². The summed E-state index contributed by atoms with van der Waals surface area (Å²) in [5.41, 5.74) is 0. The molecule has 0 aliphatic carbocycles. The third kappa shape index (κ3) is 4.18. The fraction of sp³-hybridized carbons (Fsp3) is 0.643. The molecular formula is C14H23NO3. The molecule has 1 rings (SSSR count). The van der Waals surface area contributed by atoms with Gasteiger partial charge in [-0.1, -0.05) is 13.8 Å². The van der Waals surface area contributed by atoms with E-state index in [0.29, 0.717) is 5.92 Å². The Kier molecular flexibility index (Phi) is 5.41. The van der Waals surface area contributed by atoms with Gasteiger partial charge in [-0.2, -0.15) is 0 Å². The van der Waals surface area contributed by atoms with E-state index in [9.17, 15) is 4.79 Å². The van der Waals surface area contributed by atoms with Crippen LogP contribution in [0.2, 0.25) is 0 Å². The lowest BCUT2D eigenvalue weighted by molar-refractivity contribution is -0.143. The lowest BCUT2D eigenvalue weighted by Gasteiger charge is -2.21. The molecule has 1 heterocycles. The third-order valence-electron chi connectivity index (χ3n) is 2.83. The molecule has 0 spiro atoms. The zero-order valence-corrected chi connectivity index (χ0v) is 11.8. The number of furan rings is 1. The molecule has 0 aliphatic heterocycles. The van der Waals surface area contributed by atoms with E-state index < -0.39 is 0 Å².